The van der Waals surface area contributed by atoms with E-state index in [0.717, 1.165) is 43.2 Å². The molecule has 3 nitrogen and oxygen atoms in total. The fraction of sp³-hybridized carbons (Fsp3) is 0.571. The van der Waals surface area contributed by atoms with E-state index in [9.17, 15) is 0 Å². The molecule has 1 spiro atoms. The molecule has 0 saturated carbocycles. The summed E-state index contributed by atoms with van der Waals surface area (Å²) in [6, 6.07) is 7.53. The van der Waals surface area contributed by atoms with Crippen LogP contribution in [0.1, 0.15) is 19.3 Å². The van der Waals surface area contributed by atoms with Gasteiger partial charge in [0.15, 0.2) is 0 Å². The van der Waals surface area contributed by atoms with Gasteiger partial charge in [-0.3, -0.25) is 0 Å². The third kappa shape index (κ3) is 2.63. The number of rotatable bonds is 2. The molecule has 98 valence electrons. The summed E-state index contributed by atoms with van der Waals surface area (Å²) < 4.78 is 17.3. The van der Waals surface area contributed by atoms with Crippen molar-refractivity contribution in [3.8, 4) is 5.75 Å². The fourth-order valence-electron chi connectivity index (χ4n) is 2.65. The molecule has 0 amide bonds. The third-order valence-corrected chi connectivity index (χ3v) is 3.88. The predicted octanol–water partition coefficient (Wildman–Crippen LogP) is 3.06. The molecule has 2 aliphatic heterocycles. The van der Waals surface area contributed by atoms with Crippen molar-refractivity contribution in [1.29, 1.82) is 0 Å². The molecule has 2 heterocycles. The van der Waals surface area contributed by atoms with Gasteiger partial charge in [0.25, 0.3) is 0 Å². The Labute approximate surface area is 112 Å². The van der Waals surface area contributed by atoms with Crippen LogP contribution in [0.5, 0.6) is 5.75 Å². The lowest BCUT2D eigenvalue weighted by Crippen LogP contribution is -2.44. The second-order valence-electron chi connectivity index (χ2n) is 5.02. The number of hydrogen-bond donors (Lipinski definition) is 0. The minimum atomic E-state index is -0.102. The molecule has 0 N–H and O–H groups in total. The van der Waals surface area contributed by atoms with Crippen molar-refractivity contribution in [3.05, 3.63) is 29.3 Å². The van der Waals surface area contributed by atoms with Crippen molar-refractivity contribution < 1.29 is 14.2 Å². The minimum absolute atomic E-state index is 0.102. The molecular weight excluding hydrogens is 252 g/mol. The van der Waals surface area contributed by atoms with Gasteiger partial charge in [-0.05, 0) is 24.3 Å². The van der Waals surface area contributed by atoms with Crippen LogP contribution in [0, 0.1) is 0 Å². The monoisotopic (exact) mass is 268 g/mol. The molecule has 1 aromatic carbocycles. The van der Waals surface area contributed by atoms with E-state index in [2.05, 4.69) is 0 Å². The van der Waals surface area contributed by atoms with Crippen LogP contribution in [0.4, 0.5) is 0 Å². The van der Waals surface area contributed by atoms with Gasteiger partial charge in [0.05, 0.1) is 18.8 Å². The number of benzene rings is 1. The van der Waals surface area contributed by atoms with E-state index in [4.69, 9.17) is 25.8 Å². The van der Waals surface area contributed by atoms with Crippen LogP contribution in [0.25, 0.3) is 0 Å². The standard InChI is InChI=1S/C14H17ClO3/c15-11-1-3-12(4-2-11)18-13-5-7-17-14(9-13)6-8-16-10-14/h1-4,13H,5-10H2. The molecule has 3 rings (SSSR count). The topological polar surface area (TPSA) is 27.7 Å². The van der Waals surface area contributed by atoms with Gasteiger partial charge in [-0.1, -0.05) is 11.6 Å². The zero-order valence-corrected chi connectivity index (χ0v) is 11.0. The first kappa shape index (κ1) is 12.3. The Hall–Kier alpha value is -0.770. The zero-order valence-electron chi connectivity index (χ0n) is 10.2. The maximum Gasteiger partial charge on any atom is 0.119 e. The van der Waals surface area contributed by atoms with E-state index in [0.29, 0.717) is 6.61 Å². The van der Waals surface area contributed by atoms with Crippen molar-refractivity contribution in [3.63, 3.8) is 0 Å². The smallest absolute Gasteiger partial charge is 0.119 e. The Bertz CT molecular complexity index is 398. The summed E-state index contributed by atoms with van der Waals surface area (Å²) in [4.78, 5) is 0. The summed E-state index contributed by atoms with van der Waals surface area (Å²) in [6.45, 7) is 2.25. The van der Waals surface area contributed by atoms with Gasteiger partial charge in [-0.2, -0.15) is 0 Å². The van der Waals surface area contributed by atoms with Gasteiger partial charge in [-0.15, -0.1) is 0 Å². The molecule has 0 aromatic heterocycles. The maximum atomic E-state index is 6.00. The lowest BCUT2D eigenvalue weighted by molar-refractivity contribution is -0.112. The van der Waals surface area contributed by atoms with Gasteiger partial charge in [0.2, 0.25) is 0 Å². The Balaban J connectivity index is 1.64. The molecule has 2 unspecified atom stereocenters. The largest absolute Gasteiger partial charge is 0.490 e. The van der Waals surface area contributed by atoms with Crippen molar-refractivity contribution >= 4 is 11.6 Å². The Morgan fingerprint density at radius 3 is 2.78 bits per heavy atom. The first-order valence-electron chi connectivity index (χ1n) is 6.40. The number of hydrogen-bond acceptors (Lipinski definition) is 3. The highest BCUT2D eigenvalue weighted by atomic mass is 35.5. The molecule has 2 fully saturated rings. The molecule has 2 aliphatic rings. The van der Waals surface area contributed by atoms with Gasteiger partial charge in [0, 0.05) is 30.9 Å². The Morgan fingerprint density at radius 2 is 2.06 bits per heavy atom. The summed E-state index contributed by atoms with van der Waals surface area (Å²) in [5.74, 6) is 0.875. The Kier molecular flexibility index (Phi) is 3.46. The highest BCUT2D eigenvalue weighted by molar-refractivity contribution is 6.30. The zero-order chi connectivity index (χ0) is 12.4. The van der Waals surface area contributed by atoms with E-state index in [1.54, 1.807) is 0 Å². The molecule has 2 atom stereocenters. The normalized spacial score (nSPS) is 31.7. The van der Waals surface area contributed by atoms with E-state index in [1.165, 1.54) is 0 Å². The first-order chi connectivity index (χ1) is 8.76. The van der Waals surface area contributed by atoms with Crippen LogP contribution in [0.15, 0.2) is 24.3 Å². The third-order valence-electron chi connectivity index (χ3n) is 3.63. The summed E-state index contributed by atoms with van der Waals surface area (Å²) >= 11 is 5.86. The Morgan fingerprint density at radius 1 is 1.22 bits per heavy atom. The van der Waals surface area contributed by atoms with Crippen molar-refractivity contribution in [2.75, 3.05) is 19.8 Å². The average Bonchev–Trinajstić information content (AvgIpc) is 2.80. The minimum Gasteiger partial charge on any atom is -0.490 e. The molecule has 0 bridgehead atoms. The van der Waals surface area contributed by atoms with Crippen LogP contribution in [0.3, 0.4) is 0 Å². The van der Waals surface area contributed by atoms with Gasteiger partial charge < -0.3 is 14.2 Å². The predicted molar refractivity (Wildman–Crippen MR) is 69.2 cm³/mol. The SMILES string of the molecule is Clc1ccc(OC2CCOC3(CCOC3)C2)cc1. The summed E-state index contributed by atoms with van der Waals surface area (Å²) in [6.07, 6.45) is 3.04. The van der Waals surface area contributed by atoms with Crippen molar-refractivity contribution in [2.45, 2.75) is 31.0 Å². The summed E-state index contributed by atoms with van der Waals surface area (Å²) in [7, 11) is 0. The van der Waals surface area contributed by atoms with Crippen molar-refractivity contribution in [1.82, 2.24) is 0 Å². The van der Waals surface area contributed by atoms with Gasteiger partial charge >= 0.3 is 0 Å². The van der Waals surface area contributed by atoms with E-state index >= 15 is 0 Å². The van der Waals surface area contributed by atoms with Gasteiger partial charge in [0.1, 0.15) is 11.9 Å². The molecular formula is C14H17ClO3. The molecule has 0 radical (unpaired) electrons. The molecule has 4 heteroatoms. The maximum absolute atomic E-state index is 6.00. The first-order valence-corrected chi connectivity index (χ1v) is 6.78. The van der Waals surface area contributed by atoms with E-state index in [-0.39, 0.29) is 11.7 Å². The van der Waals surface area contributed by atoms with Gasteiger partial charge in [-0.25, -0.2) is 0 Å². The quantitative estimate of drug-likeness (QED) is 0.825. The molecule has 0 aliphatic carbocycles. The van der Waals surface area contributed by atoms with Crippen LogP contribution in [-0.4, -0.2) is 31.5 Å². The fourth-order valence-corrected chi connectivity index (χ4v) is 2.78. The molecule has 2 saturated heterocycles. The highest BCUT2D eigenvalue weighted by Gasteiger charge is 2.41. The number of halogens is 1. The van der Waals surface area contributed by atoms with Crippen LogP contribution < -0.4 is 4.74 Å². The highest BCUT2D eigenvalue weighted by Crippen LogP contribution is 2.34. The average molecular weight is 269 g/mol. The van der Waals surface area contributed by atoms with Crippen LogP contribution >= 0.6 is 11.6 Å². The van der Waals surface area contributed by atoms with Crippen LogP contribution in [-0.2, 0) is 9.47 Å². The lowest BCUT2D eigenvalue weighted by Gasteiger charge is -2.37. The van der Waals surface area contributed by atoms with E-state index < -0.39 is 0 Å². The van der Waals surface area contributed by atoms with E-state index in [1.807, 2.05) is 24.3 Å². The van der Waals surface area contributed by atoms with Crippen molar-refractivity contribution in [2.24, 2.45) is 0 Å². The summed E-state index contributed by atoms with van der Waals surface area (Å²) in [5, 5.41) is 0.731. The second-order valence-corrected chi connectivity index (χ2v) is 5.46. The van der Waals surface area contributed by atoms with Crippen LogP contribution in [0.2, 0.25) is 5.02 Å². The second kappa shape index (κ2) is 5.08. The summed E-state index contributed by atoms with van der Waals surface area (Å²) in [5.41, 5.74) is -0.102. The molecule has 1 aromatic rings. The molecule has 18 heavy (non-hydrogen) atoms. The number of ether oxygens (including phenoxy) is 3. The lowest BCUT2D eigenvalue weighted by atomic mass is 9.91.